The second-order valence-corrected chi connectivity index (χ2v) is 14.4. The molecule has 12 aromatic rings. The number of furan rings is 2. The third-order valence-corrected chi connectivity index (χ3v) is 11.0. The van der Waals surface area contributed by atoms with Crippen LogP contribution in [0.4, 0.5) is 0 Å². The molecule has 0 radical (unpaired) electrons. The SMILES string of the molecule is c1ccc(-c2cccc(-c3nc(-c4ccccc4)nc(-c4ccc5c(c4)oc4cc(-n6c7ccccc7c7c8oc9ccccc9c8ccc76)ccc45)n3)c2)cc1. The quantitative estimate of drug-likeness (QED) is 0.176. The highest BCUT2D eigenvalue weighted by Crippen LogP contribution is 2.41. The maximum atomic E-state index is 6.68. The van der Waals surface area contributed by atoms with Crippen molar-refractivity contribution in [3.8, 4) is 51.0 Å². The smallest absolute Gasteiger partial charge is 0.164 e. The largest absolute Gasteiger partial charge is 0.456 e. The Morgan fingerprint density at radius 2 is 0.912 bits per heavy atom. The van der Waals surface area contributed by atoms with Gasteiger partial charge < -0.3 is 13.4 Å². The van der Waals surface area contributed by atoms with E-state index in [9.17, 15) is 0 Å². The van der Waals surface area contributed by atoms with Gasteiger partial charge in [-0.05, 0) is 65.7 Å². The van der Waals surface area contributed by atoms with E-state index in [4.69, 9.17) is 23.8 Å². The van der Waals surface area contributed by atoms with Gasteiger partial charge in [0.1, 0.15) is 22.3 Å². The molecule has 0 amide bonds. The van der Waals surface area contributed by atoms with Crippen LogP contribution in [-0.4, -0.2) is 19.5 Å². The molecule has 12 rings (SSSR count). The average Bonchev–Trinajstić information content (AvgIpc) is 3.95. The third kappa shape index (κ3) is 5.01. The lowest BCUT2D eigenvalue weighted by Gasteiger charge is -2.09. The van der Waals surface area contributed by atoms with E-state index in [1.54, 1.807) is 0 Å². The van der Waals surface area contributed by atoms with E-state index >= 15 is 0 Å². The molecule has 4 aromatic heterocycles. The topological polar surface area (TPSA) is 69.9 Å². The van der Waals surface area contributed by atoms with E-state index in [1.165, 1.54) is 0 Å². The standard InChI is InChI=1S/C51H30N4O2/c1-3-12-31(13-4-1)33-16-11-17-34(28-33)50-52-49(32-14-5-2-6-15-32)53-51(54-50)35-22-24-38-39-25-23-36(30-46(39)56-45(38)29-35)55-42-20-9-7-19-41(42)47-43(55)27-26-40-37-18-8-10-21-44(37)57-48(40)47/h1-30H. The minimum absolute atomic E-state index is 0.578. The average molecular weight is 731 g/mol. The Morgan fingerprint density at radius 3 is 1.72 bits per heavy atom. The predicted octanol–water partition coefficient (Wildman–Crippen LogP) is 13.4. The lowest BCUT2D eigenvalue weighted by Crippen LogP contribution is -2.00. The van der Waals surface area contributed by atoms with Gasteiger partial charge in [0.05, 0.1) is 16.4 Å². The van der Waals surface area contributed by atoms with Gasteiger partial charge in [-0.15, -0.1) is 0 Å². The monoisotopic (exact) mass is 730 g/mol. The molecule has 0 N–H and O–H groups in total. The van der Waals surface area contributed by atoms with Crippen LogP contribution in [0.1, 0.15) is 0 Å². The number of hydrogen-bond donors (Lipinski definition) is 0. The summed E-state index contributed by atoms with van der Waals surface area (Å²) in [6.07, 6.45) is 0. The van der Waals surface area contributed by atoms with Crippen LogP contribution in [0.2, 0.25) is 0 Å². The number of fused-ring (bicyclic) bond motifs is 10. The first-order valence-corrected chi connectivity index (χ1v) is 19.0. The molecule has 8 aromatic carbocycles. The van der Waals surface area contributed by atoms with Crippen molar-refractivity contribution in [2.45, 2.75) is 0 Å². The zero-order valence-electron chi connectivity index (χ0n) is 30.4. The first-order valence-electron chi connectivity index (χ1n) is 19.0. The number of aromatic nitrogens is 4. The molecular weight excluding hydrogens is 701 g/mol. The van der Waals surface area contributed by atoms with Crippen molar-refractivity contribution in [1.82, 2.24) is 19.5 Å². The molecule has 266 valence electrons. The third-order valence-electron chi connectivity index (χ3n) is 11.0. The number of nitrogens with zero attached hydrogens (tertiary/aromatic N) is 4. The minimum atomic E-state index is 0.578. The summed E-state index contributed by atoms with van der Waals surface area (Å²) >= 11 is 0. The van der Waals surface area contributed by atoms with Gasteiger partial charge in [0, 0.05) is 55.4 Å². The first-order chi connectivity index (χ1) is 28.2. The van der Waals surface area contributed by atoms with Crippen LogP contribution in [0.25, 0.3) is 117 Å². The fraction of sp³-hybridized carbons (Fsp3) is 0. The minimum Gasteiger partial charge on any atom is -0.456 e. The highest BCUT2D eigenvalue weighted by Gasteiger charge is 2.20. The van der Waals surface area contributed by atoms with Crippen LogP contribution < -0.4 is 0 Å². The lowest BCUT2D eigenvalue weighted by atomic mass is 10.0. The summed E-state index contributed by atoms with van der Waals surface area (Å²) in [4.78, 5) is 15.1. The van der Waals surface area contributed by atoms with E-state index in [1.807, 2.05) is 54.6 Å². The Balaban J connectivity index is 0.994. The van der Waals surface area contributed by atoms with E-state index in [0.717, 1.165) is 99.2 Å². The van der Waals surface area contributed by atoms with E-state index < -0.39 is 0 Å². The first kappa shape index (κ1) is 31.5. The van der Waals surface area contributed by atoms with Crippen LogP contribution in [0, 0.1) is 0 Å². The fourth-order valence-electron chi connectivity index (χ4n) is 8.38. The molecular formula is C51H30N4O2. The molecule has 0 aliphatic heterocycles. The molecule has 57 heavy (non-hydrogen) atoms. The van der Waals surface area contributed by atoms with Crippen molar-refractivity contribution in [1.29, 1.82) is 0 Å². The Morgan fingerprint density at radius 1 is 0.333 bits per heavy atom. The maximum absolute atomic E-state index is 6.68. The second kappa shape index (κ2) is 12.3. The van der Waals surface area contributed by atoms with Crippen LogP contribution in [0.5, 0.6) is 0 Å². The van der Waals surface area contributed by atoms with Gasteiger partial charge >= 0.3 is 0 Å². The molecule has 6 heteroatoms. The maximum Gasteiger partial charge on any atom is 0.164 e. The highest BCUT2D eigenvalue weighted by molar-refractivity contribution is 6.24. The van der Waals surface area contributed by atoms with Crippen LogP contribution in [-0.2, 0) is 0 Å². The van der Waals surface area contributed by atoms with E-state index in [2.05, 4.69) is 132 Å². The van der Waals surface area contributed by atoms with Crippen molar-refractivity contribution in [2.75, 3.05) is 0 Å². The number of hydrogen-bond acceptors (Lipinski definition) is 5. The van der Waals surface area contributed by atoms with Crippen LogP contribution in [0.3, 0.4) is 0 Å². The van der Waals surface area contributed by atoms with Gasteiger partial charge in [-0.2, -0.15) is 0 Å². The molecule has 0 spiro atoms. The normalized spacial score (nSPS) is 11.9. The Labute approximate surface area is 325 Å². The van der Waals surface area contributed by atoms with Gasteiger partial charge in [-0.25, -0.2) is 15.0 Å². The molecule has 0 aliphatic rings. The molecule has 0 saturated carbocycles. The number of benzene rings is 8. The highest BCUT2D eigenvalue weighted by atomic mass is 16.3. The molecule has 0 bridgehead atoms. The van der Waals surface area contributed by atoms with E-state index in [-0.39, 0.29) is 0 Å². The van der Waals surface area contributed by atoms with Crippen molar-refractivity contribution >= 4 is 65.7 Å². The molecule has 4 heterocycles. The van der Waals surface area contributed by atoms with Crippen molar-refractivity contribution in [3.05, 3.63) is 182 Å². The summed E-state index contributed by atoms with van der Waals surface area (Å²) in [6.45, 7) is 0. The Hall–Kier alpha value is -7.83. The lowest BCUT2D eigenvalue weighted by molar-refractivity contribution is 0.668. The molecule has 6 nitrogen and oxygen atoms in total. The Kier molecular flexibility index (Phi) is 6.83. The molecule has 0 fully saturated rings. The van der Waals surface area contributed by atoms with Gasteiger partial charge in [0.15, 0.2) is 17.5 Å². The number of para-hydroxylation sites is 2. The molecule has 0 atom stereocenters. The van der Waals surface area contributed by atoms with Crippen LogP contribution >= 0.6 is 0 Å². The fourth-order valence-corrected chi connectivity index (χ4v) is 8.38. The zero-order valence-corrected chi connectivity index (χ0v) is 30.4. The summed E-state index contributed by atoms with van der Waals surface area (Å²) in [7, 11) is 0. The Bertz CT molecular complexity index is 3530. The van der Waals surface area contributed by atoms with Crippen molar-refractivity contribution < 1.29 is 8.83 Å². The van der Waals surface area contributed by atoms with Gasteiger partial charge in [-0.1, -0.05) is 121 Å². The van der Waals surface area contributed by atoms with E-state index in [0.29, 0.717) is 17.5 Å². The molecule has 0 aliphatic carbocycles. The summed E-state index contributed by atoms with van der Waals surface area (Å²) in [5, 5.41) is 6.55. The zero-order chi connectivity index (χ0) is 37.5. The molecule has 0 unspecified atom stereocenters. The van der Waals surface area contributed by atoms with Crippen molar-refractivity contribution in [3.63, 3.8) is 0 Å². The second-order valence-electron chi connectivity index (χ2n) is 14.4. The van der Waals surface area contributed by atoms with Gasteiger partial charge in [0.2, 0.25) is 0 Å². The predicted molar refractivity (Wildman–Crippen MR) is 230 cm³/mol. The van der Waals surface area contributed by atoms with Crippen LogP contribution in [0.15, 0.2) is 191 Å². The number of rotatable bonds is 5. The summed E-state index contributed by atoms with van der Waals surface area (Å²) < 4.78 is 15.5. The molecule has 0 saturated heterocycles. The van der Waals surface area contributed by atoms with Gasteiger partial charge in [-0.3, -0.25) is 0 Å². The van der Waals surface area contributed by atoms with Gasteiger partial charge in [0.25, 0.3) is 0 Å². The summed E-state index contributed by atoms with van der Waals surface area (Å²) in [6, 6.07) is 62.6. The summed E-state index contributed by atoms with van der Waals surface area (Å²) in [5.41, 5.74) is 11.5. The summed E-state index contributed by atoms with van der Waals surface area (Å²) in [5.74, 6) is 1.80. The van der Waals surface area contributed by atoms with Crippen molar-refractivity contribution in [2.24, 2.45) is 0 Å².